The highest BCUT2D eigenvalue weighted by Crippen LogP contribution is 2.11. The van der Waals surface area contributed by atoms with Gasteiger partial charge in [0.2, 0.25) is 11.8 Å². The standard InChI is InChI=1S/C25H23N3O2/c1-18-6-10-20(11-7-18)14-16-24(29)27-22-4-3-5-23(26-22)28-25(30)17-15-21-12-8-19(2)9-13-21/h3-17H,1-2H3,(H2,26,27,28,29,30)/b16-14+,17-15+. The molecule has 0 unspecified atom stereocenters. The van der Waals surface area contributed by atoms with E-state index >= 15 is 0 Å². The number of carbonyl (C=O) groups is 2. The van der Waals surface area contributed by atoms with Crippen LogP contribution in [0.3, 0.4) is 0 Å². The van der Waals surface area contributed by atoms with Crippen molar-refractivity contribution in [3.63, 3.8) is 0 Å². The van der Waals surface area contributed by atoms with Crippen LogP contribution in [0.2, 0.25) is 0 Å². The van der Waals surface area contributed by atoms with Crippen LogP contribution >= 0.6 is 0 Å². The highest BCUT2D eigenvalue weighted by Gasteiger charge is 2.03. The van der Waals surface area contributed by atoms with Crippen LogP contribution in [0.25, 0.3) is 12.2 Å². The number of pyridine rings is 1. The summed E-state index contributed by atoms with van der Waals surface area (Å²) in [7, 11) is 0. The van der Waals surface area contributed by atoms with Crippen LogP contribution in [0, 0.1) is 13.8 Å². The number of anilines is 2. The lowest BCUT2D eigenvalue weighted by atomic mass is 10.1. The zero-order valence-electron chi connectivity index (χ0n) is 16.9. The maximum Gasteiger partial charge on any atom is 0.249 e. The van der Waals surface area contributed by atoms with Gasteiger partial charge >= 0.3 is 0 Å². The van der Waals surface area contributed by atoms with Crippen molar-refractivity contribution in [2.24, 2.45) is 0 Å². The molecule has 5 heteroatoms. The van der Waals surface area contributed by atoms with Crippen LogP contribution in [0.1, 0.15) is 22.3 Å². The first kappa shape index (κ1) is 20.7. The molecule has 30 heavy (non-hydrogen) atoms. The smallest absolute Gasteiger partial charge is 0.249 e. The first-order valence-electron chi connectivity index (χ1n) is 9.56. The molecular weight excluding hydrogens is 374 g/mol. The third-order valence-electron chi connectivity index (χ3n) is 4.26. The number of aryl methyl sites for hydroxylation is 2. The minimum absolute atomic E-state index is 0.300. The van der Waals surface area contributed by atoms with Crippen LogP contribution in [-0.4, -0.2) is 16.8 Å². The quantitative estimate of drug-likeness (QED) is 0.575. The molecule has 0 saturated carbocycles. The van der Waals surface area contributed by atoms with E-state index in [-0.39, 0.29) is 11.8 Å². The summed E-state index contributed by atoms with van der Waals surface area (Å²) in [6, 6.07) is 20.7. The van der Waals surface area contributed by atoms with Crippen LogP contribution in [0.4, 0.5) is 11.6 Å². The van der Waals surface area contributed by atoms with Gasteiger partial charge in [-0.3, -0.25) is 9.59 Å². The van der Waals surface area contributed by atoms with Crippen molar-refractivity contribution in [2.45, 2.75) is 13.8 Å². The molecule has 0 radical (unpaired) electrons. The molecule has 1 aromatic heterocycles. The first-order chi connectivity index (χ1) is 14.5. The average Bonchev–Trinajstić information content (AvgIpc) is 2.73. The topological polar surface area (TPSA) is 71.1 Å². The molecule has 2 N–H and O–H groups in total. The summed E-state index contributed by atoms with van der Waals surface area (Å²) in [5, 5.41) is 5.39. The Hall–Kier alpha value is -3.99. The first-order valence-corrected chi connectivity index (χ1v) is 9.56. The Labute approximate surface area is 176 Å². The second-order valence-electron chi connectivity index (χ2n) is 6.87. The van der Waals surface area contributed by atoms with Gasteiger partial charge in [0.25, 0.3) is 0 Å². The van der Waals surface area contributed by atoms with Gasteiger partial charge in [-0.15, -0.1) is 0 Å². The number of hydrogen-bond donors (Lipinski definition) is 2. The van der Waals surface area contributed by atoms with Crippen LogP contribution in [0.15, 0.2) is 78.9 Å². The summed E-state index contributed by atoms with van der Waals surface area (Å²) in [5.41, 5.74) is 4.19. The molecule has 150 valence electrons. The molecule has 0 atom stereocenters. The lowest BCUT2D eigenvalue weighted by Crippen LogP contribution is -2.12. The summed E-state index contributed by atoms with van der Waals surface area (Å²) in [5.74, 6) is 0.111. The monoisotopic (exact) mass is 397 g/mol. The number of nitrogens with one attached hydrogen (secondary N) is 2. The Bertz CT molecular complexity index is 997. The highest BCUT2D eigenvalue weighted by atomic mass is 16.2. The van der Waals surface area contributed by atoms with E-state index in [0.29, 0.717) is 11.6 Å². The molecule has 0 saturated heterocycles. The third-order valence-corrected chi connectivity index (χ3v) is 4.26. The predicted octanol–water partition coefficient (Wildman–Crippen LogP) is 5.00. The van der Waals surface area contributed by atoms with E-state index in [2.05, 4.69) is 15.6 Å². The molecular formula is C25H23N3O2. The molecule has 1 heterocycles. The Morgan fingerprint density at radius 3 is 1.47 bits per heavy atom. The van der Waals surface area contributed by atoms with Crippen LogP contribution in [-0.2, 0) is 9.59 Å². The van der Waals surface area contributed by atoms with Crippen molar-refractivity contribution in [3.8, 4) is 0 Å². The molecule has 3 aromatic rings. The van der Waals surface area contributed by atoms with Gasteiger partial charge in [-0.1, -0.05) is 65.7 Å². The SMILES string of the molecule is Cc1ccc(/C=C/C(=O)Nc2cccc(NC(=O)/C=C/c3ccc(C)cc3)n2)cc1. The summed E-state index contributed by atoms with van der Waals surface area (Å²) in [6.07, 6.45) is 6.36. The van der Waals surface area contributed by atoms with Gasteiger partial charge < -0.3 is 10.6 Å². The Balaban J connectivity index is 1.57. The summed E-state index contributed by atoms with van der Waals surface area (Å²) < 4.78 is 0. The van der Waals surface area contributed by atoms with Crippen molar-refractivity contribution in [3.05, 3.63) is 101 Å². The Morgan fingerprint density at radius 1 is 0.667 bits per heavy atom. The lowest BCUT2D eigenvalue weighted by molar-refractivity contribution is -0.112. The molecule has 0 aliphatic carbocycles. The summed E-state index contributed by atoms with van der Waals surface area (Å²) in [4.78, 5) is 28.5. The normalized spacial score (nSPS) is 11.0. The fraction of sp³-hybridized carbons (Fsp3) is 0.0800. The van der Waals surface area contributed by atoms with Crippen molar-refractivity contribution in [2.75, 3.05) is 10.6 Å². The van der Waals surface area contributed by atoms with E-state index < -0.39 is 0 Å². The second-order valence-corrected chi connectivity index (χ2v) is 6.87. The number of hydrogen-bond acceptors (Lipinski definition) is 3. The van der Waals surface area contributed by atoms with Gasteiger partial charge in [0, 0.05) is 12.2 Å². The summed E-state index contributed by atoms with van der Waals surface area (Å²) in [6.45, 7) is 4.02. The Kier molecular flexibility index (Phi) is 6.90. The van der Waals surface area contributed by atoms with Crippen LogP contribution < -0.4 is 10.6 Å². The highest BCUT2D eigenvalue weighted by molar-refractivity contribution is 6.03. The maximum atomic E-state index is 12.1. The minimum atomic E-state index is -0.300. The fourth-order valence-electron chi connectivity index (χ4n) is 2.61. The van der Waals surface area contributed by atoms with Gasteiger partial charge in [0.15, 0.2) is 0 Å². The van der Waals surface area contributed by atoms with E-state index in [0.717, 1.165) is 22.3 Å². The van der Waals surface area contributed by atoms with Gasteiger partial charge in [-0.2, -0.15) is 0 Å². The van der Waals surface area contributed by atoms with Crippen molar-refractivity contribution in [1.82, 2.24) is 4.98 Å². The third kappa shape index (κ3) is 6.56. The molecule has 2 aromatic carbocycles. The number of benzene rings is 2. The van der Waals surface area contributed by atoms with Gasteiger partial charge in [-0.05, 0) is 49.3 Å². The zero-order chi connectivity index (χ0) is 21.3. The van der Waals surface area contributed by atoms with Gasteiger partial charge in [0.1, 0.15) is 11.6 Å². The van der Waals surface area contributed by atoms with E-state index in [1.54, 1.807) is 30.4 Å². The molecule has 3 rings (SSSR count). The number of nitrogens with zero attached hydrogens (tertiary/aromatic N) is 1. The summed E-state index contributed by atoms with van der Waals surface area (Å²) >= 11 is 0. The van der Waals surface area contributed by atoms with Gasteiger partial charge in [0.05, 0.1) is 0 Å². The Morgan fingerprint density at radius 2 is 1.07 bits per heavy atom. The predicted molar refractivity (Wildman–Crippen MR) is 122 cm³/mol. The molecule has 2 amide bonds. The van der Waals surface area contributed by atoms with E-state index in [9.17, 15) is 9.59 Å². The van der Waals surface area contributed by atoms with E-state index in [4.69, 9.17) is 0 Å². The second kappa shape index (κ2) is 9.98. The van der Waals surface area contributed by atoms with Crippen molar-refractivity contribution >= 4 is 35.6 Å². The number of carbonyl (C=O) groups excluding carboxylic acids is 2. The van der Waals surface area contributed by atoms with E-state index in [1.807, 2.05) is 62.4 Å². The molecule has 0 aliphatic rings. The van der Waals surface area contributed by atoms with E-state index in [1.165, 1.54) is 12.2 Å². The number of rotatable bonds is 6. The number of amides is 2. The van der Waals surface area contributed by atoms with Gasteiger partial charge in [-0.25, -0.2) is 4.98 Å². The molecule has 5 nitrogen and oxygen atoms in total. The maximum absolute atomic E-state index is 12.1. The lowest BCUT2D eigenvalue weighted by Gasteiger charge is -2.05. The van der Waals surface area contributed by atoms with Crippen LogP contribution in [0.5, 0.6) is 0 Å². The average molecular weight is 397 g/mol. The molecule has 0 aliphatic heterocycles. The largest absolute Gasteiger partial charge is 0.307 e. The molecule has 0 fully saturated rings. The fourth-order valence-corrected chi connectivity index (χ4v) is 2.61. The molecule has 0 bridgehead atoms. The van der Waals surface area contributed by atoms with Crippen molar-refractivity contribution in [1.29, 1.82) is 0 Å². The number of aromatic nitrogens is 1. The molecule has 0 spiro atoms. The zero-order valence-corrected chi connectivity index (χ0v) is 16.9. The van der Waals surface area contributed by atoms with Crippen molar-refractivity contribution < 1.29 is 9.59 Å². The minimum Gasteiger partial charge on any atom is -0.307 e.